The van der Waals surface area contributed by atoms with E-state index in [2.05, 4.69) is 49.1 Å². The van der Waals surface area contributed by atoms with Crippen LogP contribution < -0.4 is 0 Å². The molecule has 0 fully saturated rings. The van der Waals surface area contributed by atoms with Crippen LogP contribution in [0.2, 0.25) is 0 Å². The van der Waals surface area contributed by atoms with Gasteiger partial charge in [-0.2, -0.15) is 0 Å². The van der Waals surface area contributed by atoms with Crippen molar-refractivity contribution in [3.63, 3.8) is 0 Å². The Morgan fingerprint density at radius 1 is 1.00 bits per heavy atom. The molecule has 0 rings (SSSR count). The van der Waals surface area contributed by atoms with E-state index in [1.165, 1.54) is 10.9 Å². The van der Waals surface area contributed by atoms with Crippen LogP contribution in [0.1, 0.15) is 0 Å². The molecule has 0 spiro atoms. The molecule has 0 aliphatic carbocycles. The van der Waals surface area contributed by atoms with Crippen LogP contribution in [-0.2, 0) is 25.0 Å². The van der Waals surface area contributed by atoms with Crippen LogP contribution in [0.4, 0.5) is 0 Å². The van der Waals surface area contributed by atoms with Crippen LogP contribution in [0.15, 0.2) is 0 Å². The summed E-state index contributed by atoms with van der Waals surface area (Å²) in [6, 6.07) is 0. The van der Waals surface area contributed by atoms with Crippen molar-refractivity contribution < 1.29 is 0 Å². The SMILES string of the molecule is S=B[S-].S=B[S-].[Ba+2]. The van der Waals surface area contributed by atoms with Crippen LogP contribution in [0, 0.1) is 0 Å². The number of hydrogen-bond donors (Lipinski definition) is 0. The molecule has 0 unspecified atom stereocenters. The van der Waals surface area contributed by atoms with E-state index in [1.54, 1.807) is 0 Å². The molecule has 0 aliphatic heterocycles. The fraction of sp³-hybridized carbons (Fsp3) is 0. The second-order valence-electron chi connectivity index (χ2n) is 0.192. The van der Waals surface area contributed by atoms with Crippen molar-refractivity contribution in [3.8, 4) is 0 Å². The summed E-state index contributed by atoms with van der Waals surface area (Å²) in [6.45, 7) is 0. The molecule has 0 aliphatic rings. The molecule has 0 saturated carbocycles. The van der Waals surface area contributed by atoms with Crippen molar-refractivity contribution in [2.75, 3.05) is 0 Å². The standard InChI is InChI=1S/2BS2.Ba/c2*2-1-3;/q2*-1;+2. The van der Waals surface area contributed by atoms with Gasteiger partial charge < -0.3 is 0 Å². The summed E-state index contributed by atoms with van der Waals surface area (Å²) in [5, 5.41) is 0. The van der Waals surface area contributed by atoms with E-state index in [9.17, 15) is 0 Å². The van der Waals surface area contributed by atoms with Gasteiger partial charge in [0.15, 0.2) is 0 Å². The first-order chi connectivity index (χ1) is 2.83. The summed E-state index contributed by atoms with van der Waals surface area (Å²) in [5.41, 5.74) is 2.33. The first kappa shape index (κ1) is 16.3. The predicted molar refractivity (Wildman–Crippen MR) is 47.2 cm³/mol. The Hall–Kier alpha value is 2.58. The van der Waals surface area contributed by atoms with E-state index < -0.39 is 0 Å². The van der Waals surface area contributed by atoms with Gasteiger partial charge in [-0.25, -0.2) is 0 Å². The van der Waals surface area contributed by atoms with Gasteiger partial charge in [0.05, 0.1) is 0 Å². The molecular formula is B2BaS4. The summed E-state index contributed by atoms with van der Waals surface area (Å²) < 4.78 is 0. The first-order valence-corrected chi connectivity index (χ1v) is 2.83. The van der Waals surface area contributed by atoms with Crippen molar-refractivity contribution in [1.29, 1.82) is 0 Å². The second-order valence-corrected chi connectivity index (χ2v) is 1.73. The zero-order valence-electron chi connectivity index (χ0n) is 3.49. The molecule has 7 heteroatoms. The fourth-order valence-corrected chi connectivity index (χ4v) is 0. The van der Waals surface area contributed by atoms with Gasteiger partial charge in [-0.05, 0) is 0 Å². The van der Waals surface area contributed by atoms with Crippen LogP contribution in [0.3, 0.4) is 0 Å². The summed E-state index contributed by atoms with van der Waals surface area (Å²) in [5.74, 6) is 0. The first-order valence-electron chi connectivity index (χ1n) is 0.943. The van der Waals surface area contributed by atoms with Gasteiger partial charge in [0, 0.05) is 0 Å². The normalized spacial score (nSPS) is 2.29. The van der Waals surface area contributed by atoms with Gasteiger partial charge in [0.2, 0.25) is 0 Å². The largest absolute Gasteiger partial charge is 2.00 e. The molecule has 0 radical (unpaired) electrons. The summed E-state index contributed by atoms with van der Waals surface area (Å²) in [4.78, 5) is 0. The van der Waals surface area contributed by atoms with Gasteiger partial charge >= 0.3 is 109 Å². The van der Waals surface area contributed by atoms with Crippen molar-refractivity contribution in [2.45, 2.75) is 0 Å². The van der Waals surface area contributed by atoms with E-state index in [4.69, 9.17) is 0 Å². The van der Waals surface area contributed by atoms with E-state index >= 15 is 0 Å². The zero-order valence-corrected chi connectivity index (χ0v) is 11.2. The maximum absolute atomic E-state index is 4.08. The topological polar surface area (TPSA) is 0 Å². The maximum Gasteiger partial charge on any atom is 2.00 e. The average Bonchev–Trinajstić information content (AvgIpc) is 1.39. The number of rotatable bonds is 0. The monoisotopic (exact) mass is 288 g/mol. The van der Waals surface area contributed by atoms with E-state index in [-0.39, 0.29) is 48.9 Å². The van der Waals surface area contributed by atoms with E-state index in [0.717, 1.165) is 0 Å². The molecule has 0 saturated heterocycles. The summed E-state index contributed by atoms with van der Waals surface area (Å²) in [7, 11) is 0. The van der Waals surface area contributed by atoms with Gasteiger partial charge in [-0.15, -0.1) is 0 Å². The quantitative estimate of drug-likeness (QED) is 0.459. The smallest absolute Gasteiger partial charge is 2.00 e. The van der Waals surface area contributed by atoms with Gasteiger partial charge in [0.1, 0.15) is 0 Å². The van der Waals surface area contributed by atoms with Crippen molar-refractivity contribution >= 4 is 109 Å². The predicted octanol–water partition coefficient (Wildman–Crippen LogP) is 0.149. The van der Waals surface area contributed by atoms with Crippen LogP contribution in [-0.4, -0.2) is 59.7 Å². The van der Waals surface area contributed by atoms with Gasteiger partial charge in [-0.3, -0.25) is 0 Å². The third-order valence-electron chi connectivity index (χ3n) is 0. The fourth-order valence-electron chi connectivity index (χ4n) is 0. The molecule has 0 aromatic rings. The molecule has 0 nitrogen and oxygen atoms in total. The van der Waals surface area contributed by atoms with Crippen LogP contribution in [0.25, 0.3) is 0 Å². The molecule has 0 N–H and O–H groups in total. The van der Waals surface area contributed by atoms with Crippen LogP contribution in [0.5, 0.6) is 0 Å². The Labute approximate surface area is 106 Å². The molecule has 0 aromatic carbocycles. The maximum atomic E-state index is 4.08. The van der Waals surface area contributed by atoms with Gasteiger partial charge in [0.25, 0.3) is 0 Å². The Bertz CT molecular complexity index is 30.7. The Balaban J connectivity index is -0.0000000400. The molecule has 0 bridgehead atoms. The Morgan fingerprint density at radius 3 is 1.00 bits per heavy atom. The zero-order chi connectivity index (χ0) is 5.41. The Morgan fingerprint density at radius 2 is 1.00 bits per heavy atom. The van der Waals surface area contributed by atoms with Crippen molar-refractivity contribution in [3.05, 3.63) is 0 Å². The third kappa shape index (κ3) is 55.8. The molecule has 0 heterocycles. The molecular weight excluding hydrogens is 287 g/mol. The summed E-state index contributed by atoms with van der Waals surface area (Å²) in [6.07, 6.45) is 0. The minimum atomic E-state index is 0. The molecule has 32 valence electrons. The molecule has 0 aromatic heterocycles. The second kappa shape index (κ2) is 23.5. The van der Waals surface area contributed by atoms with Gasteiger partial charge in [-0.1, -0.05) is 0 Å². The minimum Gasteiger partial charge on any atom is 2.00 e. The average molecular weight is 287 g/mol. The van der Waals surface area contributed by atoms with Crippen LogP contribution >= 0.6 is 24.1 Å². The van der Waals surface area contributed by atoms with E-state index in [1.807, 2.05) is 0 Å². The summed E-state index contributed by atoms with van der Waals surface area (Å²) >= 11 is 16.3. The third-order valence-corrected chi connectivity index (χ3v) is 0. The Kier molecular flexibility index (Phi) is 54.7. The van der Waals surface area contributed by atoms with Crippen molar-refractivity contribution in [2.24, 2.45) is 0 Å². The molecule has 0 atom stereocenters. The number of hydrogen-bond acceptors (Lipinski definition) is 4. The minimum absolute atomic E-state index is 0. The molecule has 0 amide bonds. The molecule has 7 heavy (non-hydrogen) atoms. The van der Waals surface area contributed by atoms with E-state index in [0.29, 0.717) is 0 Å². The van der Waals surface area contributed by atoms with Crippen molar-refractivity contribution in [1.82, 2.24) is 0 Å².